The van der Waals surface area contributed by atoms with E-state index in [9.17, 15) is 9.59 Å². The maximum atomic E-state index is 12.9. The van der Waals surface area contributed by atoms with Gasteiger partial charge in [0.2, 0.25) is 0 Å². The lowest BCUT2D eigenvalue weighted by Gasteiger charge is -2.32. The number of benzene rings is 2. The van der Waals surface area contributed by atoms with Gasteiger partial charge in [0.25, 0.3) is 0 Å². The van der Waals surface area contributed by atoms with Crippen molar-refractivity contribution in [2.75, 3.05) is 0 Å². The summed E-state index contributed by atoms with van der Waals surface area (Å²) in [6.07, 6.45) is 2.21. The highest BCUT2D eigenvalue weighted by Crippen LogP contribution is 2.55. The Hall–Kier alpha value is -2.66. The van der Waals surface area contributed by atoms with Crippen LogP contribution < -0.4 is 0 Å². The number of rotatable bonds is 5. The standard InChI is InChI=1S/C26H29NO4/c1-16(2)27-20-13-14-21(27)23-19(20)15-22(30-25(28)17-9-5-3-6-10-17)24(23)31-26(29)18-11-7-4-8-12-18/h3-12,16,19-24H,13-15H2,1-2H3. The summed E-state index contributed by atoms with van der Waals surface area (Å²) in [6.45, 7) is 4.48. The maximum absolute atomic E-state index is 12.9. The van der Waals surface area contributed by atoms with Crippen molar-refractivity contribution < 1.29 is 19.1 Å². The van der Waals surface area contributed by atoms with E-state index < -0.39 is 12.2 Å². The zero-order chi connectivity index (χ0) is 21.5. The zero-order valence-electron chi connectivity index (χ0n) is 18.0. The predicted octanol–water partition coefficient (Wildman–Crippen LogP) is 4.33. The van der Waals surface area contributed by atoms with Crippen LogP contribution in [0.25, 0.3) is 0 Å². The number of esters is 2. The second-order valence-corrected chi connectivity index (χ2v) is 9.28. The topological polar surface area (TPSA) is 55.8 Å². The molecule has 6 atom stereocenters. The lowest BCUT2D eigenvalue weighted by molar-refractivity contribution is -0.0428. The van der Waals surface area contributed by atoms with E-state index in [-0.39, 0.29) is 17.9 Å². The first-order valence-corrected chi connectivity index (χ1v) is 11.3. The second-order valence-electron chi connectivity index (χ2n) is 9.28. The lowest BCUT2D eigenvalue weighted by Crippen LogP contribution is -2.43. The van der Waals surface area contributed by atoms with Gasteiger partial charge in [-0.25, -0.2) is 9.59 Å². The van der Waals surface area contributed by atoms with E-state index in [0.29, 0.717) is 35.2 Å². The van der Waals surface area contributed by atoms with Gasteiger partial charge in [-0.2, -0.15) is 0 Å². The minimum atomic E-state index is -0.415. The van der Waals surface area contributed by atoms with Gasteiger partial charge in [0.05, 0.1) is 11.1 Å². The monoisotopic (exact) mass is 419 g/mol. The summed E-state index contributed by atoms with van der Waals surface area (Å²) in [6, 6.07) is 19.4. The third-order valence-corrected chi connectivity index (χ3v) is 7.32. The first-order chi connectivity index (χ1) is 15.0. The molecule has 2 saturated heterocycles. The highest BCUT2D eigenvalue weighted by molar-refractivity contribution is 5.90. The normalized spacial score (nSPS) is 31.6. The molecule has 6 unspecified atom stereocenters. The fourth-order valence-corrected chi connectivity index (χ4v) is 6.26. The van der Waals surface area contributed by atoms with E-state index in [1.165, 1.54) is 6.42 Å². The minimum Gasteiger partial charge on any atom is -0.455 e. The second kappa shape index (κ2) is 8.12. The summed E-state index contributed by atoms with van der Waals surface area (Å²) in [4.78, 5) is 28.3. The molecule has 3 aliphatic rings. The van der Waals surface area contributed by atoms with Gasteiger partial charge in [-0.3, -0.25) is 4.90 Å². The molecule has 2 aliphatic heterocycles. The molecule has 5 rings (SSSR count). The first-order valence-electron chi connectivity index (χ1n) is 11.3. The highest BCUT2D eigenvalue weighted by Gasteiger charge is 2.63. The summed E-state index contributed by atoms with van der Waals surface area (Å²) in [5.74, 6) is -0.0871. The molecule has 0 amide bonds. The molecule has 162 valence electrons. The Balaban J connectivity index is 1.41. The van der Waals surface area contributed by atoms with Gasteiger partial charge in [-0.1, -0.05) is 36.4 Å². The Morgan fingerprint density at radius 1 is 0.839 bits per heavy atom. The molecule has 3 fully saturated rings. The van der Waals surface area contributed by atoms with E-state index in [0.717, 1.165) is 12.8 Å². The first kappa shape index (κ1) is 20.3. The van der Waals surface area contributed by atoms with Crippen LogP contribution in [-0.2, 0) is 9.47 Å². The number of hydrogen-bond acceptors (Lipinski definition) is 5. The Labute approximate surface area is 183 Å². The fraction of sp³-hybridized carbons (Fsp3) is 0.462. The molecule has 31 heavy (non-hydrogen) atoms. The molecule has 0 N–H and O–H groups in total. The third kappa shape index (κ3) is 3.55. The number of carbonyl (C=O) groups is 2. The molecular formula is C26H29NO4. The molecule has 0 aromatic heterocycles. The van der Waals surface area contributed by atoms with Crippen LogP contribution >= 0.6 is 0 Å². The summed E-state index contributed by atoms with van der Waals surface area (Å²) >= 11 is 0. The van der Waals surface area contributed by atoms with Crippen LogP contribution in [0.15, 0.2) is 60.7 Å². The number of nitrogens with zero attached hydrogens (tertiary/aromatic N) is 1. The Bertz CT molecular complexity index is 944. The van der Waals surface area contributed by atoms with Crippen LogP contribution in [-0.4, -0.2) is 47.2 Å². The van der Waals surface area contributed by atoms with E-state index >= 15 is 0 Å². The highest BCUT2D eigenvalue weighted by atomic mass is 16.6. The summed E-state index contributed by atoms with van der Waals surface area (Å²) in [5, 5.41) is 0. The molecule has 2 heterocycles. The Morgan fingerprint density at radius 3 is 1.97 bits per heavy atom. The van der Waals surface area contributed by atoms with E-state index in [2.05, 4.69) is 18.7 Å². The van der Waals surface area contributed by atoms with Gasteiger partial charge < -0.3 is 9.47 Å². The third-order valence-electron chi connectivity index (χ3n) is 7.32. The summed E-state index contributed by atoms with van der Waals surface area (Å²) in [5.41, 5.74) is 1.06. The van der Waals surface area contributed by atoms with Crippen molar-refractivity contribution in [2.24, 2.45) is 11.8 Å². The number of hydrogen-bond donors (Lipinski definition) is 0. The predicted molar refractivity (Wildman–Crippen MR) is 117 cm³/mol. The van der Waals surface area contributed by atoms with Crippen LogP contribution in [0.4, 0.5) is 0 Å². The van der Waals surface area contributed by atoms with Crippen molar-refractivity contribution in [3.8, 4) is 0 Å². The van der Waals surface area contributed by atoms with Gasteiger partial charge in [-0.15, -0.1) is 0 Å². The van der Waals surface area contributed by atoms with Crippen LogP contribution in [0.3, 0.4) is 0 Å². The number of carbonyl (C=O) groups excluding carboxylic acids is 2. The molecule has 0 spiro atoms. The van der Waals surface area contributed by atoms with E-state index in [1.807, 2.05) is 36.4 Å². The molecule has 0 radical (unpaired) electrons. The number of fused-ring (bicyclic) bond motifs is 5. The fourth-order valence-electron chi connectivity index (χ4n) is 6.26. The largest absolute Gasteiger partial charge is 0.455 e. The molecule has 2 aromatic carbocycles. The van der Waals surface area contributed by atoms with Crippen molar-refractivity contribution in [1.29, 1.82) is 0 Å². The molecule has 2 bridgehead atoms. The molecule has 2 aromatic rings. The van der Waals surface area contributed by atoms with Crippen LogP contribution in [0.5, 0.6) is 0 Å². The van der Waals surface area contributed by atoms with E-state index in [1.54, 1.807) is 24.3 Å². The quantitative estimate of drug-likeness (QED) is 0.676. The number of ether oxygens (including phenoxy) is 2. The van der Waals surface area contributed by atoms with Crippen molar-refractivity contribution >= 4 is 11.9 Å². The van der Waals surface area contributed by atoms with E-state index in [4.69, 9.17) is 9.47 Å². The van der Waals surface area contributed by atoms with Gasteiger partial charge >= 0.3 is 11.9 Å². The maximum Gasteiger partial charge on any atom is 0.338 e. The lowest BCUT2D eigenvalue weighted by atomic mass is 9.81. The van der Waals surface area contributed by atoms with Crippen molar-refractivity contribution in [3.05, 3.63) is 71.8 Å². The van der Waals surface area contributed by atoms with Crippen LogP contribution in [0.1, 0.15) is 53.8 Å². The average molecular weight is 420 g/mol. The minimum absolute atomic E-state index is 0.211. The average Bonchev–Trinajstić information content (AvgIpc) is 3.45. The molecule has 5 heteroatoms. The summed E-state index contributed by atoms with van der Waals surface area (Å²) in [7, 11) is 0. The molecular weight excluding hydrogens is 390 g/mol. The molecule has 5 nitrogen and oxygen atoms in total. The summed E-state index contributed by atoms with van der Waals surface area (Å²) < 4.78 is 12.1. The zero-order valence-corrected chi connectivity index (χ0v) is 18.0. The Morgan fingerprint density at radius 2 is 1.39 bits per heavy atom. The van der Waals surface area contributed by atoms with Gasteiger partial charge in [0, 0.05) is 24.0 Å². The van der Waals surface area contributed by atoms with Gasteiger partial charge in [0.1, 0.15) is 12.2 Å². The Kier molecular flexibility index (Phi) is 5.30. The van der Waals surface area contributed by atoms with Crippen molar-refractivity contribution in [1.82, 2.24) is 4.90 Å². The van der Waals surface area contributed by atoms with Crippen LogP contribution in [0.2, 0.25) is 0 Å². The van der Waals surface area contributed by atoms with Crippen molar-refractivity contribution in [3.63, 3.8) is 0 Å². The van der Waals surface area contributed by atoms with Gasteiger partial charge in [0.15, 0.2) is 0 Å². The molecule has 1 aliphatic carbocycles. The SMILES string of the molecule is CC(C)N1C2CCC1C1C2CC(OC(=O)c2ccccc2)C1OC(=O)c1ccccc1. The smallest absolute Gasteiger partial charge is 0.338 e. The van der Waals surface area contributed by atoms with Crippen molar-refractivity contribution in [2.45, 2.75) is 63.4 Å². The van der Waals surface area contributed by atoms with Crippen LogP contribution in [0, 0.1) is 11.8 Å². The van der Waals surface area contributed by atoms with Gasteiger partial charge in [-0.05, 0) is 63.3 Å². The molecule has 1 saturated carbocycles.